The number of rotatable bonds is 5. The van der Waals surface area contributed by atoms with Crippen LogP contribution < -0.4 is 14.1 Å². The number of allylic oxidation sites excluding steroid dienone is 6. The van der Waals surface area contributed by atoms with Crippen LogP contribution in [0.4, 0.5) is 34.1 Å². The molecule has 0 fully saturated rings. The standard InChI is InChI=1S/C60H40N4/c1-3-13-39(14-4-1)41-25-31-45(32-26-41)61-53-19-7-9-21-55(53)63-51-35-29-43(37-49(51)47-17-11-23-57(61)59(47)63)44-30-36-52-50(38-44)48-18-12-24-58-60(48)64(52)56-22-10-8-20-54(56)62(58)46-33-27-42(28-34-46)40-15-5-2-6-16-40/h1-38,55,60H/q+2. The quantitative estimate of drug-likeness (QED) is 0.158. The largest absolute Gasteiger partial charge is 0.318 e. The van der Waals surface area contributed by atoms with E-state index in [1.54, 1.807) is 0 Å². The number of benzene rings is 8. The van der Waals surface area contributed by atoms with Gasteiger partial charge in [-0.2, -0.15) is 9.15 Å². The third kappa shape index (κ3) is 5.05. The van der Waals surface area contributed by atoms with Crippen LogP contribution in [-0.2, 0) is 0 Å². The second-order valence-electron chi connectivity index (χ2n) is 17.3. The van der Waals surface area contributed by atoms with E-state index in [2.05, 4.69) is 249 Å². The van der Waals surface area contributed by atoms with Gasteiger partial charge in [-0.3, -0.25) is 0 Å². The Bertz CT molecular complexity index is 3640. The molecule has 9 aromatic rings. The maximum atomic E-state index is 2.56. The fourth-order valence-corrected chi connectivity index (χ4v) is 11.1. The summed E-state index contributed by atoms with van der Waals surface area (Å²) in [5, 5.41) is 2.54. The molecule has 0 radical (unpaired) electrons. The Morgan fingerprint density at radius 3 is 1.78 bits per heavy atom. The number of hydrogen-bond donors (Lipinski definition) is 0. The summed E-state index contributed by atoms with van der Waals surface area (Å²) >= 11 is 0. The van der Waals surface area contributed by atoms with Crippen LogP contribution in [0.3, 0.4) is 0 Å². The molecule has 0 saturated carbocycles. The summed E-state index contributed by atoms with van der Waals surface area (Å²) in [6.45, 7) is 0. The number of hydrogen-bond acceptors (Lipinski definition) is 1. The van der Waals surface area contributed by atoms with E-state index in [9.17, 15) is 0 Å². The van der Waals surface area contributed by atoms with Gasteiger partial charge in [0, 0.05) is 64.9 Å². The van der Waals surface area contributed by atoms with Crippen molar-refractivity contribution in [3.63, 3.8) is 0 Å². The first-order chi connectivity index (χ1) is 31.8. The Labute approximate surface area is 371 Å². The summed E-state index contributed by atoms with van der Waals surface area (Å²) in [5.74, 6) is 0. The van der Waals surface area contributed by atoms with Crippen LogP contribution in [0.5, 0.6) is 0 Å². The number of fused-ring (bicyclic) bond motifs is 10. The Hall–Kier alpha value is -8.34. The molecule has 0 N–H and O–H groups in total. The molecule has 1 aromatic heterocycles. The van der Waals surface area contributed by atoms with Gasteiger partial charge in [-0.25, -0.2) is 0 Å². The molecule has 2 aliphatic carbocycles. The van der Waals surface area contributed by atoms with Gasteiger partial charge in [-0.1, -0.05) is 127 Å². The third-order valence-electron chi connectivity index (χ3n) is 13.9. The average molecular weight is 817 g/mol. The number of anilines is 2. The van der Waals surface area contributed by atoms with Crippen LogP contribution in [0.25, 0.3) is 60.8 Å². The molecule has 64 heavy (non-hydrogen) atoms. The molecule has 2 unspecified atom stereocenters. The smallest absolute Gasteiger partial charge is 0.235 e. The highest BCUT2D eigenvalue weighted by Crippen LogP contribution is 2.53. The minimum absolute atomic E-state index is 0.0675. The van der Waals surface area contributed by atoms with Crippen molar-refractivity contribution in [3.05, 3.63) is 236 Å². The van der Waals surface area contributed by atoms with E-state index in [4.69, 9.17) is 0 Å². The topological polar surface area (TPSA) is 14.2 Å². The Morgan fingerprint density at radius 2 is 1.03 bits per heavy atom. The van der Waals surface area contributed by atoms with Gasteiger partial charge < -0.3 is 9.47 Å². The molecule has 2 atom stereocenters. The van der Waals surface area contributed by atoms with Crippen LogP contribution >= 0.6 is 0 Å². The molecule has 0 bridgehead atoms. The van der Waals surface area contributed by atoms with E-state index in [-0.39, 0.29) is 12.1 Å². The molecule has 0 saturated heterocycles. The minimum Gasteiger partial charge on any atom is -0.318 e. The normalized spacial score (nSPS) is 17.4. The van der Waals surface area contributed by atoms with Crippen LogP contribution in [0.2, 0.25) is 0 Å². The van der Waals surface area contributed by atoms with Crippen molar-refractivity contribution in [2.24, 2.45) is 0 Å². The van der Waals surface area contributed by atoms with E-state index in [1.165, 1.54) is 100 Å². The van der Waals surface area contributed by atoms with Crippen molar-refractivity contribution in [3.8, 4) is 33.4 Å². The molecular formula is C60H40N4+2. The predicted molar refractivity (Wildman–Crippen MR) is 268 cm³/mol. The van der Waals surface area contributed by atoms with Gasteiger partial charge in [0.25, 0.3) is 0 Å². The van der Waals surface area contributed by atoms with Crippen molar-refractivity contribution in [2.45, 2.75) is 12.1 Å². The summed E-state index contributed by atoms with van der Waals surface area (Å²) in [4.78, 5) is 2.56. The Balaban J connectivity index is 0.872. The van der Waals surface area contributed by atoms with Crippen LogP contribution in [-0.4, -0.2) is 22.0 Å². The molecule has 298 valence electrons. The van der Waals surface area contributed by atoms with Crippen LogP contribution in [0.1, 0.15) is 11.6 Å². The van der Waals surface area contributed by atoms with Crippen molar-refractivity contribution >= 4 is 72.9 Å². The molecule has 0 amide bonds. The zero-order valence-electron chi connectivity index (χ0n) is 34.9. The first kappa shape index (κ1) is 35.3. The van der Waals surface area contributed by atoms with Gasteiger partial charge in [0.15, 0.2) is 0 Å². The highest BCUT2D eigenvalue weighted by molar-refractivity contribution is 6.22. The average Bonchev–Trinajstić information content (AvgIpc) is 3.89. The first-order valence-corrected chi connectivity index (χ1v) is 22.2. The summed E-state index contributed by atoms with van der Waals surface area (Å²) in [6, 6.07) is 69.4. The fourth-order valence-electron chi connectivity index (χ4n) is 11.1. The summed E-state index contributed by atoms with van der Waals surface area (Å²) < 4.78 is 7.49. The third-order valence-corrected chi connectivity index (χ3v) is 13.9. The van der Waals surface area contributed by atoms with E-state index >= 15 is 0 Å². The summed E-state index contributed by atoms with van der Waals surface area (Å²) in [7, 11) is 0. The molecule has 0 spiro atoms. The molecule has 8 aromatic carbocycles. The lowest BCUT2D eigenvalue weighted by molar-refractivity contribution is 0.781. The zero-order chi connectivity index (χ0) is 41.9. The van der Waals surface area contributed by atoms with E-state index < -0.39 is 0 Å². The second-order valence-corrected chi connectivity index (χ2v) is 17.3. The monoisotopic (exact) mass is 816 g/mol. The van der Waals surface area contributed by atoms with Crippen LogP contribution in [0.15, 0.2) is 231 Å². The zero-order valence-corrected chi connectivity index (χ0v) is 34.9. The fraction of sp³-hybridized carbons (Fsp3) is 0.0333. The van der Waals surface area contributed by atoms with Gasteiger partial charge in [0.2, 0.25) is 34.2 Å². The van der Waals surface area contributed by atoms with Crippen molar-refractivity contribution < 1.29 is 0 Å². The number of aromatic nitrogens is 1. The molecule has 14 rings (SSSR count). The molecule has 5 aliphatic rings. The van der Waals surface area contributed by atoms with Gasteiger partial charge in [-0.15, -0.1) is 0 Å². The molecule has 4 heteroatoms. The number of nitrogens with zero attached hydrogens (tertiary/aromatic N) is 4. The SMILES string of the molecule is C1=CC2=[N+](c3ccc(-c4ccccc4)cc3)c3ccccc3N3c4ccc(-c5ccc6c(c5)c5cccc7c5n6C5C=CC=CC5=[N+]7c5ccc(-c6ccccc6)cc5)cc4C(=C1)C23. The van der Waals surface area contributed by atoms with Crippen LogP contribution in [0, 0.1) is 0 Å². The van der Waals surface area contributed by atoms with Crippen molar-refractivity contribution in [2.75, 3.05) is 4.90 Å². The summed E-state index contributed by atoms with van der Waals surface area (Å²) in [6.07, 6.45) is 15.9. The Morgan fingerprint density at radius 1 is 0.422 bits per heavy atom. The van der Waals surface area contributed by atoms with Gasteiger partial charge in [0.05, 0.1) is 11.2 Å². The highest BCUT2D eigenvalue weighted by atomic mass is 15.3. The van der Waals surface area contributed by atoms with E-state index in [0.717, 1.165) is 11.4 Å². The predicted octanol–water partition coefficient (Wildman–Crippen LogP) is 14.5. The number of para-hydroxylation sites is 3. The maximum Gasteiger partial charge on any atom is 0.235 e. The van der Waals surface area contributed by atoms with Crippen molar-refractivity contribution in [1.29, 1.82) is 0 Å². The first-order valence-electron chi connectivity index (χ1n) is 22.2. The highest BCUT2D eigenvalue weighted by Gasteiger charge is 2.48. The molecule has 4 nitrogen and oxygen atoms in total. The second kappa shape index (κ2) is 13.6. The minimum atomic E-state index is 0.0675. The van der Waals surface area contributed by atoms with E-state index in [0.29, 0.717) is 0 Å². The molecular weight excluding hydrogens is 777 g/mol. The molecule has 3 aliphatic heterocycles. The lowest BCUT2D eigenvalue weighted by Gasteiger charge is -2.32. The summed E-state index contributed by atoms with van der Waals surface area (Å²) in [5.41, 5.74) is 22.2. The van der Waals surface area contributed by atoms with Gasteiger partial charge in [-0.05, 0) is 93.6 Å². The van der Waals surface area contributed by atoms with E-state index in [1.807, 2.05) is 0 Å². The van der Waals surface area contributed by atoms with Gasteiger partial charge in [0.1, 0.15) is 23.3 Å². The lowest BCUT2D eigenvalue weighted by Crippen LogP contribution is -2.43. The van der Waals surface area contributed by atoms with Gasteiger partial charge >= 0.3 is 0 Å². The Kier molecular flexibility index (Phi) is 7.48. The molecule has 4 heterocycles. The van der Waals surface area contributed by atoms with Crippen molar-refractivity contribution in [1.82, 2.24) is 13.7 Å². The maximum absolute atomic E-state index is 2.56. The lowest BCUT2D eigenvalue weighted by atomic mass is 9.91.